The fourth-order valence-corrected chi connectivity index (χ4v) is 2.62. The van der Waals surface area contributed by atoms with Crippen LogP contribution in [-0.2, 0) is 4.79 Å². The molecule has 0 atom stereocenters. The van der Waals surface area contributed by atoms with Gasteiger partial charge in [-0.25, -0.2) is 8.78 Å². The van der Waals surface area contributed by atoms with E-state index >= 15 is 0 Å². The van der Waals surface area contributed by atoms with Crippen LogP contribution in [-0.4, -0.2) is 5.97 Å². The molecule has 1 saturated carbocycles. The van der Waals surface area contributed by atoms with Gasteiger partial charge in [0.15, 0.2) is 17.5 Å². The number of hydrogen-bond donors (Lipinski definition) is 0. The number of halogens is 3. The first kappa shape index (κ1) is 17.8. The summed E-state index contributed by atoms with van der Waals surface area (Å²) in [5.74, 6) is -3.48. The number of ether oxygens (including phenoxy) is 1. The summed E-state index contributed by atoms with van der Waals surface area (Å²) >= 11 is 0. The monoisotopic (exact) mass is 335 g/mol. The first-order chi connectivity index (χ1) is 11.5. The SMILES string of the molecule is N#CC(F)=CC=C[C@H]1CC[C@H](C(=O)Oc2ccc(F)c(F)c2)CC1. The fourth-order valence-electron chi connectivity index (χ4n) is 2.62. The van der Waals surface area contributed by atoms with Crippen LogP contribution in [0.5, 0.6) is 5.75 Å². The van der Waals surface area contributed by atoms with E-state index in [2.05, 4.69) is 0 Å². The molecule has 0 heterocycles. The standard InChI is InChI=1S/C18H16F3NO2/c19-14(11-22)3-1-2-12-4-6-13(7-5-12)18(23)24-15-8-9-16(20)17(21)10-15/h1-3,8-10,12-13H,4-7H2/t12-,13-. The lowest BCUT2D eigenvalue weighted by Gasteiger charge is -2.25. The summed E-state index contributed by atoms with van der Waals surface area (Å²) in [7, 11) is 0. The summed E-state index contributed by atoms with van der Waals surface area (Å²) in [4.78, 5) is 12.1. The van der Waals surface area contributed by atoms with E-state index in [-0.39, 0.29) is 17.6 Å². The van der Waals surface area contributed by atoms with Gasteiger partial charge < -0.3 is 4.74 Å². The van der Waals surface area contributed by atoms with Crippen LogP contribution in [0.15, 0.2) is 42.3 Å². The number of allylic oxidation sites excluding steroid dienone is 4. The minimum Gasteiger partial charge on any atom is -0.426 e. The molecule has 126 valence electrons. The second-order valence-electron chi connectivity index (χ2n) is 5.62. The van der Waals surface area contributed by atoms with Crippen LogP contribution >= 0.6 is 0 Å². The predicted molar refractivity (Wildman–Crippen MR) is 81.4 cm³/mol. The van der Waals surface area contributed by atoms with Gasteiger partial charge in [0.05, 0.1) is 5.92 Å². The molecule has 0 unspecified atom stereocenters. The topological polar surface area (TPSA) is 50.1 Å². The van der Waals surface area contributed by atoms with E-state index in [0.29, 0.717) is 12.8 Å². The van der Waals surface area contributed by atoms with E-state index in [9.17, 15) is 18.0 Å². The molecule has 2 rings (SSSR count). The Kier molecular flexibility index (Phi) is 6.19. The zero-order chi connectivity index (χ0) is 17.5. The Morgan fingerprint density at radius 2 is 1.92 bits per heavy atom. The van der Waals surface area contributed by atoms with Crippen molar-refractivity contribution in [2.75, 3.05) is 0 Å². The van der Waals surface area contributed by atoms with Crippen molar-refractivity contribution in [3.05, 3.63) is 53.9 Å². The Labute approximate surface area is 138 Å². The van der Waals surface area contributed by atoms with Gasteiger partial charge in [-0.3, -0.25) is 4.79 Å². The molecular formula is C18H16F3NO2. The second-order valence-corrected chi connectivity index (χ2v) is 5.62. The van der Waals surface area contributed by atoms with E-state index in [4.69, 9.17) is 10.00 Å². The summed E-state index contributed by atoms with van der Waals surface area (Å²) in [5.41, 5.74) is 0. The quantitative estimate of drug-likeness (QED) is 0.349. The lowest BCUT2D eigenvalue weighted by molar-refractivity contribution is -0.140. The molecule has 1 aromatic rings. The van der Waals surface area contributed by atoms with Crippen LogP contribution in [0.25, 0.3) is 0 Å². The predicted octanol–water partition coefficient (Wildman–Crippen LogP) is 4.61. The highest BCUT2D eigenvalue weighted by molar-refractivity contribution is 5.75. The number of benzene rings is 1. The maximum Gasteiger partial charge on any atom is 0.314 e. The van der Waals surface area contributed by atoms with Crippen molar-refractivity contribution in [2.45, 2.75) is 25.7 Å². The molecule has 1 aliphatic carbocycles. The minimum atomic E-state index is -1.06. The average Bonchev–Trinajstić information content (AvgIpc) is 2.58. The molecule has 0 spiro atoms. The molecule has 1 fully saturated rings. The number of carbonyl (C=O) groups excluding carboxylic acids is 1. The van der Waals surface area contributed by atoms with E-state index in [0.717, 1.165) is 31.1 Å². The van der Waals surface area contributed by atoms with E-state index in [1.165, 1.54) is 18.2 Å². The fraction of sp³-hybridized carbons (Fsp3) is 0.333. The van der Waals surface area contributed by atoms with Crippen LogP contribution in [0, 0.1) is 34.8 Å². The van der Waals surface area contributed by atoms with Gasteiger partial charge in [0.25, 0.3) is 0 Å². The summed E-state index contributed by atoms with van der Waals surface area (Å²) in [6.07, 6.45) is 7.08. The minimum absolute atomic E-state index is 0.0157. The molecule has 0 aromatic heterocycles. The summed E-state index contributed by atoms with van der Waals surface area (Å²) in [6, 6.07) is 4.35. The molecule has 1 aromatic carbocycles. The second kappa shape index (κ2) is 8.34. The maximum absolute atomic E-state index is 13.1. The molecule has 3 nitrogen and oxygen atoms in total. The van der Waals surface area contributed by atoms with Gasteiger partial charge in [-0.15, -0.1) is 0 Å². The summed E-state index contributed by atoms with van der Waals surface area (Å²) in [6.45, 7) is 0. The Morgan fingerprint density at radius 1 is 1.21 bits per heavy atom. The van der Waals surface area contributed by atoms with Gasteiger partial charge in [0.2, 0.25) is 0 Å². The van der Waals surface area contributed by atoms with Gasteiger partial charge in [0, 0.05) is 6.07 Å². The third kappa shape index (κ3) is 4.98. The average molecular weight is 335 g/mol. The first-order valence-corrected chi connectivity index (χ1v) is 7.60. The zero-order valence-electron chi connectivity index (χ0n) is 12.8. The van der Waals surface area contributed by atoms with Crippen LogP contribution in [0.3, 0.4) is 0 Å². The summed E-state index contributed by atoms with van der Waals surface area (Å²) in [5, 5.41) is 8.30. The Balaban J connectivity index is 1.84. The molecule has 24 heavy (non-hydrogen) atoms. The Morgan fingerprint density at radius 3 is 2.54 bits per heavy atom. The third-order valence-electron chi connectivity index (χ3n) is 3.95. The van der Waals surface area contributed by atoms with Crippen molar-refractivity contribution in [1.82, 2.24) is 0 Å². The first-order valence-electron chi connectivity index (χ1n) is 7.60. The smallest absolute Gasteiger partial charge is 0.314 e. The molecule has 0 N–H and O–H groups in total. The molecule has 0 aliphatic heterocycles. The van der Waals surface area contributed by atoms with Gasteiger partial charge in [0.1, 0.15) is 11.8 Å². The van der Waals surface area contributed by atoms with E-state index in [1.807, 2.05) is 6.08 Å². The largest absolute Gasteiger partial charge is 0.426 e. The molecule has 0 amide bonds. The van der Waals surface area contributed by atoms with Gasteiger partial charge >= 0.3 is 5.97 Å². The molecule has 0 radical (unpaired) electrons. The lowest BCUT2D eigenvalue weighted by atomic mass is 9.82. The van der Waals surface area contributed by atoms with Crippen molar-refractivity contribution < 1.29 is 22.7 Å². The van der Waals surface area contributed by atoms with Crippen molar-refractivity contribution in [3.8, 4) is 11.8 Å². The van der Waals surface area contributed by atoms with Crippen LogP contribution in [0.4, 0.5) is 13.2 Å². The van der Waals surface area contributed by atoms with Crippen LogP contribution in [0.2, 0.25) is 0 Å². The summed E-state index contributed by atoms with van der Waals surface area (Å²) < 4.78 is 43.7. The molecular weight excluding hydrogens is 319 g/mol. The highest BCUT2D eigenvalue weighted by Crippen LogP contribution is 2.31. The van der Waals surface area contributed by atoms with Crippen molar-refractivity contribution in [2.24, 2.45) is 11.8 Å². The highest BCUT2D eigenvalue weighted by Gasteiger charge is 2.26. The lowest BCUT2D eigenvalue weighted by Crippen LogP contribution is -2.25. The number of carbonyl (C=O) groups is 1. The number of nitrogens with zero attached hydrogens (tertiary/aromatic N) is 1. The van der Waals surface area contributed by atoms with Crippen LogP contribution in [0.1, 0.15) is 25.7 Å². The zero-order valence-corrected chi connectivity index (χ0v) is 12.8. The molecule has 1 aliphatic rings. The van der Waals surface area contributed by atoms with Gasteiger partial charge in [-0.05, 0) is 49.8 Å². The molecule has 6 heteroatoms. The van der Waals surface area contributed by atoms with Crippen molar-refractivity contribution in [3.63, 3.8) is 0 Å². The van der Waals surface area contributed by atoms with Crippen molar-refractivity contribution >= 4 is 5.97 Å². The molecule has 0 bridgehead atoms. The van der Waals surface area contributed by atoms with Crippen molar-refractivity contribution in [1.29, 1.82) is 5.26 Å². The van der Waals surface area contributed by atoms with E-state index in [1.54, 1.807) is 0 Å². The van der Waals surface area contributed by atoms with E-state index < -0.39 is 23.4 Å². The number of esters is 1. The van der Waals surface area contributed by atoms with Crippen LogP contribution < -0.4 is 4.74 Å². The number of nitriles is 1. The highest BCUT2D eigenvalue weighted by atomic mass is 19.2. The Hall–Kier alpha value is -2.55. The number of hydrogen-bond acceptors (Lipinski definition) is 3. The maximum atomic E-state index is 13.1. The number of rotatable bonds is 4. The normalized spacial score (nSPS) is 21.5. The van der Waals surface area contributed by atoms with Gasteiger partial charge in [-0.1, -0.05) is 12.2 Å². The van der Waals surface area contributed by atoms with Gasteiger partial charge in [-0.2, -0.15) is 9.65 Å². The Bertz CT molecular complexity index is 699. The molecule has 0 saturated heterocycles. The third-order valence-corrected chi connectivity index (χ3v) is 3.95.